The zero-order chi connectivity index (χ0) is 14.4. The average molecular weight is 299 g/mol. The highest BCUT2D eigenvalue weighted by atomic mass is 35.5. The van der Waals surface area contributed by atoms with E-state index in [1.807, 2.05) is 18.7 Å². The molecule has 0 aromatic heterocycles. The van der Waals surface area contributed by atoms with Crippen molar-refractivity contribution in [1.82, 2.24) is 4.90 Å². The van der Waals surface area contributed by atoms with Crippen LogP contribution < -0.4 is 0 Å². The number of hydrogen-bond donors (Lipinski definition) is 0. The summed E-state index contributed by atoms with van der Waals surface area (Å²) in [4.78, 5) is 14.1. The van der Waals surface area contributed by atoms with Gasteiger partial charge in [-0.05, 0) is 32.0 Å². The number of halogens is 2. The summed E-state index contributed by atoms with van der Waals surface area (Å²) in [6, 6.07) is 7.16. The lowest BCUT2D eigenvalue weighted by atomic mass is 10.1. The van der Waals surface area contributed by atoms with E-state index >= 15 is 0 Å². The molecular weight excluding hydrogens is 283 g/mol. The molecule has 1 aromatic carbocycles. The van der Waals surface area contributed by atoms with Crippen LogP contribution in [0.15, 0.2) is 18.2 Å². The molecule has 0 aliphatic heterocycles. The zero-order valence-corrected chi connectivity index (χ0v) is 12.5. The Morgan fingerprint density at radius 2 is 2.05 bits per heavy atom. The number of carbonyl (C=O) groups is 1. The van der Waals surface area contributed by atoms with Gasteiger partial charge >= 0.3 is 0 Å². The summed E-state index contributed by atoms with van der Waals surface area (Å²) in [5, 5.41) is 9.43. The first-order chi connectivity index (χ1) is 8.95. The minimum Gasteiger partial charge on any atom is -0.293 e. The van der Waals surface area contributed by atoms with Gasteiger partial charge in [-0.2, -0.15) is 5.26 Å². The Bertz CT molecular complexity index is 495. The molecule has 3 nitrogen and oxygen atoms in total. The maximum atomic E-state index is 12.2. The third-order valence-electron chi connectivity index (χ3n) is 2.83. The van der Waals surface area contributed by atoms with Crippen molar-refractivity contribution in [3.05, 3.63) is 33.8 Å². The van der Waals surface area contributed by atoms with Gasteiger partial charge in [0.25, 0.3) is 0 Å². The van der Waals surface area contributed by atoms with Crippen molar-refractivity contribution in [3.63, 3.8) is 0 Å². The highest BCUT2D eigenvalue weighted by molar-refractivity contribution is 6.42. The lowest BCUT2D eigenvalue weighted by Crippen LogP contribution is -2.36. The molecule has 0 bridgehead atoms. The largest absolute Gasteiger partial charge is 0.293 e. The van der Waals surface area contributed by atoms with Crippen LogP contribution >= 0.6 is 23.2 Å². The van der Waals surface area contributed by atoms with Gasteiger partial charge in [-0.1, -0.05) is 23.2 Å². The van der Waals surface area contributed by atoms with E-state index in [1.54, 1.807) is 18.2 Å². The van der Waals surface area contributed by atoms with Gasteiger partial charge in [0, 0.05) is 24.6 Å². The van der Waals surface area contributed by atoms with Gasteiger partial charge in [-0.3, -0.25) is 9.69 Å². The second-order valence-corrected chi connectivity index (χ2v) is 5.34. The summed E-state index contributed by atoms with van der Waals surface area (Å²) in [5.41, 5.74) is 0.539. The first-order valence-electron chi connectivity index (χ1n) is 6.05. The van der Waals surface area contributed by atoms with Crippen molar-refractivity contribution in [2.24, 2.45) is 0 Å². The molecule has 0 fully saturated rings. The highest BCUT2D eigenvalue weighted by Gasteiger charge is 2.15. The van der Waals surface area contributed by atoms with E-state index in [1.165, 1.54) is 0 Å². The molecule has 0 aliphatic carbocycles. The Kier molecular flexibility index (Phi) is 6.30. The fraction of sp³-hybridized carbons (Fsp3) is 0.429. The van der Waals surface area contributed by atoms with Gasteiger partial charge in [0.05, 0.1) is 22.7 Å². The van der Waals surface area contributed by atoms with Gasteiger partial charge in [-0.15, -0.1) is 0 Å². The Labute approximate surface area is 123 Å². The number of benzene rings is 1. The second-order valence-electron chi connectivity index (χ2n) is 4.52. The van der Waals surface area contributed by atoms with E-state index in [0.29, 0.717) is 28.6 Å². The Morgan fingerprint density at radius 1 is 1.37 bits per heavy atom. The minimum atomic E-state index is -0.0230. The van der Waals surface area contributed by atoms with Crippen LogP contribution in [-0.2, 0) is 0 Å². The number of carbonyl (C=O) groups excluding carboxylic acids is 1. The highest BCUT2D eigenvalue weighted by Crippen LogP contribution is 2.23. The average Bonchev–Trinajstić information content (AvgIpc) is 2.37. The van der Waals surface area contributed by atoms with Crippen LogP contribution in [0.4, 0.5) is 0 Å². The zero-order valence-electron chi connectivity index (χ0n) is 11.0. The number of Topliss-reactive ketones (excluding diaryl/α,β-unsaturated/α-hetero) is 1. The van der Waals surface area contributed by atoms with Gasteiger partial charge in [-0.25, -0.2) is 0 Å². The van der Waals surface area contributed by atoms with E-state index in [-0.39, 0.29) is 18.4 Å². The first-order valence-corrected chi connectivity index (χ1v) is 6.80. The molecule has 0 N–H and O–H groups in total. The molecule has 0 saturated heterocycles. The van der Waals surface area contributed by atoms with Crippen molar-refractivity contribution < 1.29 is 4.79 Å². The van der Waals surface area contributed by atoms with Crippen LogP contribution in [0, 0.1) is 11.3 Å². The Hall–Kier alpha value is -1.08. The number of nitriles is 1. The lowest BCUT2D eigenvalue weighted by Gasteiger charge is -2.24. The molecule has 0 unspecified atom stereocenters. The molecule has 0 heterocycles. The number of rotatable bonds is 6. The summed E-state index contributed by atoms with van der Waals surface area (Å²) >= 11 is 11.7. The van der Waals surface area contributed by atoms with Crippen molar-refractivity contribution in [2.75, 3.05) is 13.1 Å². The standard InChI is InChI=1S/C14H16Cl2N2O/c1-10(2)18(7-3-6-17)9-14(19)11-4-5-12(15)13(16)8-11/h4-5,8,10H,3,7,9H2,1-2H3. The van der Waals surface area contributed by atoms with Crippen LogP contribution in [0.1, 0.15) is 30.6 Å². The molecule has 0 saturated carbocycles. The predicted octanol–water partition coefficient (Wildman–Crippen LogP) is 3.80. The molecule has 0 radical (unpaired) electrons. The third kappa shape index (κ3) is 4.83. The quantitative estimate of drug-likeness (QED) is 0.750. The molecule has 5 heteroatoms. The van der Waals surface area contributed by atoms with E-state index in [4.69, 9.17) is 28.5 Å². The maximum absolute atomic E-state index is 12.2. The number of nitrogens with zero attached hydrogens (tertiary/aromatic N) is 2. The smallest absolute Gasteiger partial charge is 0.176 e. The SMILES string of the molecule is CC(C)N(CCC#N)CC(=O)c1ccc(Cl)c(Cl)c1. The molecule has 1 aromatic rings. The molecule has 0 atom stereocenters. The van der Waals surface area contributed by atoms with Crippen LogP contribution in [0.2, 0.25) is 10.0 Å². The topological polar surface area (TPSA) is 44.1 Å². The van der Waals surface area contributed by atoms with Gasteiger partial charge in [0.15, 0.2) is 5.78 Å². The van der Waals surface area contributed by atoms with Gasteiger partial charge in [0.2, 0.25) is 0 Å². The normalized spacial score (nSPS) is 10.8. The Morgan fingerprint density at radius 3 is 2.58 bits per heavy atom. The molecule has 102 valence electrons. The fourth-order valence-electron chi connectivity index (χ4n) is 1.66. The monoisotopic (exact) mass is 298 g/mol. The maximum Gasteiger partial charge on any atom is 0.176 e. The van der Waals surface area contributed by atoms with Crippen molar-refractivity contribution in [3.8, 4) is 6.07 Å². The third-order valence-corrected chi connectivity index (χ3v) is 3.57. The van der Waals surface area contributed by atoms with E-state index < -0.39 is 0 Å². The molecule has 19 heavy (non-hydrogen) atoms. The van der Waals surface area contributed by atoms with E-state index in [9.17, 15) is 4.79 Å². The van der Waals surface area contributed by atoms with Crippen molar-refractivity contribution in [1.29, 1.82) is 5.26 Å². The Balaban J connectivity index is 2.76. The van der Waals surface area contributed by atoms with Crippen LogP contribution in [0.3, 0.4) is 0 Å². The van der Waals surface area contributed by atoms with Gasteiger partial charge < -0.3 is 0 Å². The number of hydrogen-bond acceptors (Lipinski definition) is 3. The fourth-order valence-corrected chi connectivity index (χ4v) is 1.96. The summed E-state index contributed by atoms with van der Waals surface area (Å²) < 4.78 is 0. The molecule has 1 rings (SSSR count). The van der Waals surface area contributed by atoms with Gasteiger partial charge in [0.1, 0.15) is 0 Å². The molecule has 0 amide bonds. The molecule has 0 spiro atoms. The number of ketones is 1. The second kappa shape index (κ2) is 7.49. The molecule has 0 aliphatic rings. The minimum absolute atomic E-state index is 0.0230. The summed E-state index contributed by atoms with van der Waals surface area (Å²) in [5.74, 6) is -0.0230. The predicted molar refractivity (Wildman–Crippen MR) is 77.7 cm³/mol. The van der Waals surface area contributed by atoms with Crippen LogP contribution in [0.5, 0.6) is 0 Å². The van der Waals surface area contributed by atoms with Crippen molar-refractivity contribution >= 4 is 29.0 Å². The summed E-state index contributed by atoms with van der Waals surface area (Å²) in [7, 11) is 0. The first kappa shape index (κ1) is 16.0. The van der Waals surface area contributed by atoms with E-state index in [0.717, 1.165) is 0 Å². The van der Waals surface area contributed by atoms with Crippen LogP contribution in [-0.4, -0.2) is 29.8 Å². The molecular formula is C14H16Cl2N2O. The van der Waals surface area contributed by atoms with Crippen LogP contribution in [0.25, 0.3) is 0 Å². The van der Waals surface area contributed by atoms with E-state index in [2.05, 4.69) is 6.07 Å². The lowest BCUT2D eigenvalue weighted by molar-refractivity contribution is 0.0908. The summed E-state index contributed by atoms with van der Waals surface area (Å²) in [6.07, 6.45) is 0.410. The summed E-state index contributed by atoms with van der Waals surface area (Å²) in [6.45, 7) is 4.86. The van der Waals surface area contributed by atoms with Crippen molar-refractivity contribution in [2.45, 2.75) is 26.3 Å².